The van der Waals surface area contributed by atoms with Gasteiger partial charge >= 0.3 is 0 Å². The molecule has 0 bridgehead atoms. The van der Waals surface area contributed by atoms with Crippen LogP contribution >= 0.6 is 11.3 Å². The normalized spacial score (nSPS) is 12.1. The van der Waals surface area contributed by atoms with Crippen molar-refractivity contribution in [3.8, 4) is 22.7 Å². The van der Waals surface area contributed by atoms with Crippen molar-refractivity contribution in [2.45, 2.75) is 6.92 Å². The quantitative estimate of drug-likeness (QED) is 0.323. The Labute approximate surface area is 171 Å². The molecule has 0 unspecified atom stereocenters. The molecule has 0 N–H and O–H groups in total. The number of aromatic nitrogens is 3. The van der Waals surface area contributed by atoms with Crippen LogP contribution in [-0.2, 0) is 0 Å². The fourth-order valence-electron chi connectivity index (χ4n) is 3.05. The molecule has 30 heavy (non-hydrogen) atoms. The number of nitro groups is 1. The first-order valence-electron chi connectivity index (χ1n) is 8.80. The number of furan rings is 2. The highest BCUT2D eigenvalue weighted by molar-refractivity contribution is 7.15. The number of non-ortho nitro benzene ring substituents is 1. The van der Waals surface area contributed by atoms with E-state index in [9.17, 15) is 14.9 Å². The topological polar surface area (TPSA) is 117 Å². The number of hydrogen-bond acceptors (Lipinski definition) is 8. The zero-order valence-corrected chi connectivity index (χ0v) is 16.3. The van der Waals surface area contributed by atoms with E-state index in [1.807, 2.05) is 0 Å². The number of fused-ring (bicyclic) bond motifs is 1. The zero-order chi connectivity index (χ0) is 20.8. The molecule has 10 heteroatoms. The monoisotopic (exact) mass is 420 g/mol. The predicted octanol–water partition coefficient (Wildman–Crippen LogP) is 3.44. The van der Waals surface area contributed by atoms with Crippen LogP contribution in [0.3, 0.4) is 0 Å². The van der Waals surface area contributed by atoms with Crippen molar-refractivity contribution in [1.29, 1.82) is 0 Å². The third-order valence-electron chi connectivity index (χ3n) is 4.52. The number of rotatable bonds is 4. The Bertz CT molecular complexity index is 1520. The first kappa shape index (κ1) is 18.0. The molecule has 0 saturated heterocycles. The predicted molar refractivity (Wildman–Crippen MR) is 109 cm³/mol. The van der Waals surface area contributed by atoms with Crippen LogP contribution in [0.5, 0.6) is 0 Å². The van der Waals surface area contributed by atoms with Crippen LogP contribution in [0.1, 0.15) is 11.5 Å². The molecule has 0 atom stereocenters. The van der Waals surface area contributed by atoms with Gasteiger partial charge in [-0.25, -0.2) is 0 Å². The van der Waals surface area contributed by atoms with Crippen LogP contribution in [0.4, 0.5) is 5.69 Å². The molecule has 4 heterocycles. The van der Waals surface area contributed by atoms with Crippen LogP contribution in [0.2, 0.25) is 0 Å². The summed E-state index contributed by atoms with van der Waals surface area (Å²) in [6.45, 7) is 1.80. The minimum Gasteiger partial charge on any atom is -0.469 e. The Hall–Kier alpha value is -4.05. The Balaban J connectivity index is 1.51. The summed E-state index contributed by atoms with van der Waals surface area (Å²) in [6, 6.07) is 11.3. The first-order chi connectivity index (χ1) is 14.5. The highest BCUT2D eigenvalue weighted by atomic mass is 32.1. The summed E-state index contributed by atoms with van der Waals surface area (Å²) < 4.78 is 12.7. The van der Waals surface area contributed by atoms with Crippen LogP contribution in [0, 0.1) is 17.0 Å². The molecule has 4 aromatic heterocycles. The standard InChI is InChI=1S/C20H12N4O5S/c1-11-15(7-8-28-11)18-21-20-23(22-18)19(25)17(30-20)10-14-5-6-16(29-14)12-3-2-4-13(9-12)24(26)27/h2-10H,1H3. The van der Waals surface area contributed by atoms with Gasteiger partial charge in [-0.15, -0.1) is 5.10 Å². The van der Waals surface area contributed by atoms with E-state index in [-0.39, 0.29) is 11.2 Å². The molecule has 148 valence electrons. The third kappa shape index (κ3) is 2.99. The maximum atomic E-state index is 12.7. The van der Waals surface area contributed by atoms with Crippen LogP contribution in [0.15, 0.2) is 62.4 Å². The van der Waals surface area contributed by atoms with Gasteiger partial charge in [0.15, 0.2) is 5.82 Å². The van der Waals surface area contributed by atoms with Crippen molar-refractivity contribution < 1.29 is 13.8 Å². The van der Waals surface area contributed by atoms with Gasteiger partial charge < -0.3 is 8.83 Å². The summed E-state index contributed by atoms with van der Waals surface area (Å²) in [5, 5.41) is 15.2. The molecule has 0 spiro atoms. The fraction of sp³-hybridized carbons (Fsp3) is 0.0500. The van der Waals surface area contributed by atoms with Crippen molar-refractivity contribution >= 4 is 28.1 Å². The lowest BCUT2D eigenvalue weighted by Gasteiger charge is -1.96. The van der Waals surface area contributed by atoms with Gasteiger partial charge in [0.05, 0.1) is 16.7 Å². The first-order valence-corrected chi connectivity index (χ1v) is 9.62. The van der Waals surface area contributed by atoms with Crippen molar-refractivity contribution in [2.75, 3.05) is 0 Å². The van der Waals surface area contributed by atoms with E-state index in [1.54, 1.807) is 49.6 Å². The number of aryl methyl sites for hydroxylation is 1. The summed E-state index contributed by atoms with van der Waals surface area (Å²) in [7, 11) is 0. The average Bonchev–Trinajstić information content (AvgIpc) is 3.50. The minimum atomic E-state index is -0.461. The molecular formula is C20H12N4O5S. The van der Waals surface area contributed by atoms with Gasteiger partial charge in [-0.2, -0.15) is 9.50 Å². The number of thiazole rings is 1. The number of benzene rings is 1. The Morgan fingerprint density at radius 3 is 2.83 bits per heavy atom. The molecule has 0 radical (unpaired) electrons. The molecule has 0 aliphatic heterocycles. The SMILES string of the molecule is Cc1occc1-c1nc2sc(=Cc3ccc(-c4cccc([N+](=O)[O-])c4)o3)c(=O)n2n1. The van der Waals surface area contributed by atoms with Gasteiger partial charge in [-0.05, 0) is 25.1 Å². The lowest BCUT2D eigenvalue weighted by atomic mass is 10.1. The Morgan fingerprint density at radius 2 is 2.10 bits per heavy atom. The number of hydrogen-bond donors (Lipinski definition) is 0. The van der Waals surface area contributed by atoms with E-state index in [1.165, 1.54) is 28.0 Å². The summed E-state index contributed by atoms with van der Waals surface area (Å²) in [4.78, 5) is 28.1. The van der Waals surface area contributed by atoms with E-state index >= 15 is 0 Å². The molecule has 0 saturated carbocycles. The summed E-state index contributed by atoms with van der Waals surface area (Å²) >= 11 is 1.20. The number of nitro benzene ring substituents is 1. The van der Waals surface area contributed by atoms with Crippen molar-refractivity contribution in [3.05, 3.63) is 85.2 Å². The molecule has 5 rings (SSSR count). The third-order valence-corrected chi connectivity index (χ3v) is 5.48. The average molecular weight is 420 g/mol. The van der Waals surface area contributed by atoms with Gasteiger partial charge in [0, 0.05) is 23.8 Å². The Kier molecular flexibility index (Phi) is 4.07. The van der Waals surface area contributed by atoms with Crippen LogP contribution in [-0.4, -0.2) is 19.5 Å². The van der Waals surface area contributed by atoms with E-state index < -0.39 is 4.92 Å². The van der Waals surface area contributed by atoms with Crippen molar-refractivity contribution in [2.24, 2.45) is 0 Å². The van der Waals surface area contributed by atoms with E-state index in [2.05, 4.69) is 10.1 Å². The Morgan fingerprint density at radius 1 is 1.23 bits per heavy atom. The maximum absolute atomic E-state index is 12.7. The van der Waals surface area contributed by atoms with E-state index in [0.29, 0.717) is 38.2 Å². The lowest BCUT2D eigenvalue weighted by molar-refractivity contribution is -0.384. The van der Waals surface area contributed by atoms with Crippen molar-refractivity contribution in [3.63, 3.8) is 0 Å². The molecule has 0 aliphatic carbocycles. The van der Waals surface area contributed by atoms with E-state index in [4.69, 9.17) is 8.83 Å². The van der Waals surface area contributed by atoms with Gasteiger partial charge in [0.1, 0.15) is 21.8 Å². The summed E-state index contributed by atoms with van der Waals surface area (Å²) in [5.74, 6) is 2.03. The van der Waals surface area contributed by atoms with E-state index in [0.717, 1.165) is 5.56 Å². The molecule has 0 amide bonds. The molecule has 5 aromatic rings. The summed E-state index contributed by atoms with van der Waals surface area (Å²) in [5.41, 5.74) is 0.992. The molecule has 0 fully saturated rings. The van der Waals surface area contributed by atoms with Crippen molar-refractivity contribution in [1.82, 2.24) is 14.6 Å². The number of nitrogens with zero attached hydrogens (tertiary/aromatic N) is 4. The molecule has 1 aromatic carbocycles. The summed E-state index contributed by atoms with van der Waals surface area (Å²) in [6.07, 6.45) is 3.15. The van der Waals surface area contributed by atoms with Gasteiger partial charge in [-0.1, -0.05) is 23.5 Å². The molecule has 0 aliphatic rings. The molecule has 9 nitrogen and oxygen atoms in total. The smallest absolute Gasteiger partial charge is 0.291 e. The van der Waals surface area contributed by atoms with Crippen LogP contribution in [0.25, 0.3) is 33.7 Å². The van der Waals surface area contributed by atoms with Gasteiger partial charge in [0.2, 0.25) is 4.96 Å². The molecular weight excluding hydrogens is 408 g/mol. The fourth-order valence-corrected chi connectivity index (χ4v) is 3.94. The second-order valence-electron chi connectivity index (χ2n) is 6.45. The second kappa shape index (κ2) is 6.78. The lowest BCUT2D eigenvalue weighted by Crippen LogP contribution is -2.23. The van der Waals surface area contributed by atoms with Crippen LogP contribution < -0.4 is 10.1 Å². The largest absolute Gasteiger partial charge is 0.469 e. The van der Waals surface area contributed by atoms with Gasteiger partial charge in [-0.3, -0.25) is 14.9 Å². The second-order valence-corrected chi connectivity index (χ2v) is 7.45. The highest BCUT2D eigenvalue weighted by Gasteiger charge is 2.15. The minimum absolute atomic E-state index is 0.0227. The highest BCUT2D eigenvalue weighted by Crippen LogP contribution is 2.26. The van der Waals surface area contributed by atoms with Gasteiger partial charge in [0.25, 0.3) is 11.2 Å². The maximum Gasteiger partial charge on any atom is 0.291 e. The zero-order valence-electron chi connectivity index (χ0n) is 15.4.